The normalized spacial score (nSPS) is 20.9. The number of carbonyl (C=O) groups is 1. The van der Waals surface area contributed by atoms with Crippen LogP contribution in [0, 0.1) is 5.92 Å². The number of amides is 1. The molecule has 2 aromatic rings. The van der Waals surface area contributed by atoms with Crippen LogP contribution in [0.4, 0.5) is 11.8 Å². The predicted molar refractivity (Wildman–Crippen MR) is 103 cm³/mol. The van der Waals surface area contributed by atoms with Gasteiger partial charge < -0.3 is 25.3 Å². The number of nitrogens with zero attached hydrogens (tertiary/aromatic N) is 5. The van der Waals surface area contributed by atoms with E-state index in [0.29, 0.717) is 11.8 Å². The Morgan fingerprint density at radius 2 is 2.07 bits per heavy atom. The van der Waals surface area contributed by atoms with Crippen LogP contribution in [0.3, 0.4) is 0 Å². The Morgan fingerprint density at radius 1 is 1.29 bits per heavy atom. The van der Waals surface area contributed by atoms with E-state index in [2.05, 4.69) is 29.7 Å². The maximum atomic E-state index is 13.1. The molecule has 0 radical (unpaired) electrons. The Balaban J connectivity index is 1.44. The molecule has 3 aliphatic rings. The summed E-state index contributed by atoms with van der Waals surface area (Å²) in [4.78, 5) is 33.8. The number of methoxy groups -OCH3 is 1. The molecule has 3 N–H and O–H groups in total. The molecule has 9 nitrogen and oxygen atoms in total. The summed E-state index contributed by atoms with van der Waals surface area (Å²) in [5, 5.41) is 0. The van der Waals surface area contributed by atoms with Crippen LogP contribution in [0.2, 0.25) is 0 Å². The van der Waals surface area contributed by atoms with Gasteiger partial charge in [0.2, 0.25) is 17.7 Å². The molecule has 2 fully saturated rings. The van der Waals surface area contributed by atoms with E-state index in [-0.39, 0.29) is 17.4 Å². The molecule has 1 spiro atoms. The van der Waals surface area contributed by atoms with Crippen molar-refractivity contribution < 1.29 is 9.53 Å². The standard InChI is InChI=1S/C19H25N7O2/c1-28-15-10-14(23-18(20)24-15)25-8-5-19(6-9-25)16-13(21-11-22-16)4-7-26(19)17(27)12-2-3-12/h10-12H,2-9H2,1H3,(H,21,22)(H2,20,23,24). The fraction of sp³-hybridized carbons (Fsp3) is 0.579. The summed E-state index contributed by atoms with van der Waals surface area (Å²) in [5.41, 5.74) is 7.72. The third kappa shape index (κ3) is 2.68. The first-order valence-electron chi connectivity index (χ1n) is 9.88. The Labute approximate surface area is 163 Å². The lowest BCUT2D eigenvalue weighted by molar-refractivity contribution is -0.142. The van der Waals surface area contributed by atoms with E-state index >= 15 is 0 Å². The lowest BCUT2D eigenvalue weighted by Gasteiger charge is -2.50. The number of hydrogen-bond donors (Lipinski definition) is 2. The van der Waals surface area contributed by atoms with Crippen molar-refractivity contribution in [1.29, 1.82) is 0 Å². The van der Waals surface area contributed by atoms with E-state index in [1.54, 1.807) is 13.4 Å². The zero-order valence-corrected chi connectivity index (χ0v) is 16.0. The average molecular weight is 383 g/mol. The molecule has 28 heavy (non-hydrogen) atoms. The van der Waals surface area contributed by atoms with Gasteiger partial charge in [0.25, 0.3) is 0 Å². The van der Waals surface area contributed by atoms with Crippen LogP contribution < -0.4 is 15.4 Å². The summed E-state index contributed by atoms with van der Waals surface area (Å²) in [6.45, 7) is 2.29. The highest BCUT2D eigenvalue weighted by Crippen LogP contribution is 2.45. The van der Waals surface area contributed by atoms with Gasteiger partial charge >= 0.3 is 0 Å². The molecular formula is C19H25N7O2. The summed E-state index contributed by atoms with van der Waals surface area (Å²) in [6, 6.07) is 1.81. The SMILES string of the molecule is COc1cc(N2CCC3(CC2)c2nc[nH]c2CCN3C(=O)C2CC2)nc(N)n1. The van der Waals surface area contributed by atoms with Crippen LogP contribution in [0.5, 0.6) is 5.88 Å². The number of aromatic amines is 1. The topological polar surface area (TPSA) is 113 Å². The number of aromatic nitrogens is 4. The number of nitrogens with one attached hydrogen (secondary N) is 1. The Hall–Kier alpha value is -2.84. The highest BCUT2D eigenvalue weighted by atomic mass is 16.5. The second-order valence-electron chi connectivity index (χ2n) is 7.89. The molecule has 5 rings (SSSR count). The van der Waals surface area contributed by atoms with Gasteiger partial charge in [-0.15, -0.1) is 0 Å². The van der Waals surface area contributed by atoms with Crippen molar-refractivity contribution in [2.24, 2.45) is 5.92 Å². The maximum Gasteiger partial charge on any atom is 0.226 e. The second-order valence-corrected chi connectivity index (χ2v) is 7.89. The summed E-state index contributed by atoms with van der Waals surface area (Å²) in [6.07, 6.45) is 6.28. The minimum Gasteiger partial charge on any atom is -0.481 e. The molecule has 1 aliphatic carbocycles. The van der Waals surface area contributed by atoms with E-state index in [0.717, 1.165) is 63.3 Å². The number of piperidine rings is 1. The summed E-state index contributed by atoms with van der Waals surface area (Å²) < 4.78 is 5.23. The van der Waals surface area contributed by atoms with Crippen molar-refractivity contribution in [3.8, 4) is 5.88 Å². The summed E-state index contributed by atoms with van der Waals surface area (Å²) in [5.74, 6) is 1.93. The number of fused-ring (bicyclic) bond motifs is 2. The van der Waals surface area contributed by atoms with E-state index < -0.39 is 0 Å². The van der Waals surface area contributed by atoms with Gasteiger partial charge in [0.15, 0.2) is 0 Å². The van der Waals surface area contributed by atoms with Crippen LogP contribution in [-0.2, 0) is 16.8 Å². The number of nitrogens with two attached hydrogens (primary N) is 1. The van der Waals surface area contributed by atoms with Crippen molar-refractivity contribution in [3.63, 3.8) is 0 Å². The minimum atomic E-state index is -0.327. The molecule has 4 heterocycles. The largest absolute Gasteiger partial charge is 0.481 e. The Kier molecular flexibility index (Phi) is 3.92. The summed E-state index contributed by atoms with van der Waals surface area (Å²) >= 11 is 0. The monoisotopic (exact) mass is 383 g/mol. The third-order valence-corrected chi connectivity index (χ3v) is 6.28. The fourth-order valence-corrected chi connectivity index (χ4v) is 4.66. The Bertz CT molecular complexity index is 899. The molecule has 0 bridgehead atoms. The molecule has 1 saturated heterocycles. The van der Waals surface area contributed by atoms with Gasteiger partial charge in [0.05, 0.1) is 24.7 Å². The highest BCUT2D eigenvalue weighted by molar-refractivity contribution is 5.82. The highest BCUT2D eigenvalue weighted by Gasteiger charge is 2.51. The molecule has 0 unspecified atom stereocenters. The fourth-order valence-electron chi connectivity index (χ4n) is 4.66. The van der Waals surface area contributed by atoms with Crippen LogP contribution in [-0.4, -0.2) is 57.5 Å². The first-order valence-corrected chi connectivity index (χ1v) is 9.88. The maximum absolute atomic E-state index is 13.1. The van der Waals surface area contributed by atoms with E-state index in [4.69, 9.17) is 10.5 Å². The molecule has 2 aromatic heterocycles. The number of carbonyl (C=O) groups excluding carboxylic acids is 1. The van der Waals surface area contributed by atoms with E-state index in [1.165, 1.54) is 5.69 Å². The zero-order chi connectivity index (χ0) is 19.3. The molecule has 1 saturated carbocycles. The minimum absolute atomic E-state index is 0.201. The van der Waals surface area contributed by atoms with Crippen molar-refractivity contribution in [2.45, 2.75) is 37.6 Å². The third-order valence-electron chi connectivity index (χ3n) is 6.28. The number of H-pyrrole nitrogens is 1. The van der Waals surface area contributed by atoms with Crippen molar-refractivity contribution >= 4 is 17.7 Å². The number of anilines is 2. The van der Waals surface area contributed by atoms with Gasteiger partial charge in [0.1, 0.15) is 5.82 Å². The Morgan fingerprint density at radius 3 is 2.79 bits per heavy atom. The van der Waals surface area contributed by atoms with Crippen molar-refractivity contribution in [2.75, 3.05) is 37.4 Å². The number of nitrogen functional groups attached to an aromatic ring is 1. The number of ether oxygens (including phenoxy) is 1. The van der Waals surface area contributed by atoms with Gasteiger partial charge in [0, 0.05) is 43.7 Å². The number of rotatable bonds is 3. The first-order chi connectivity index (χ1) is 13.6. The molecule has 0 atom stereocenters. The molecule has 2 aliphatic heterocycles. The van der Waals surface area contributed by atoms with Gasteiger partial charge in [-0.05, 0) is 25.7 Å². The van der Waals surface area contributed by atoms with Crippen LogP contribution >= 0.6 is 0 Å². The van der Waals surface area contributed by atoms with Crippen LogP contribution in [0.1, 0.15) is 37.1 Å². The molecular weight excluding hydrogens is 358 g/mol. The second kappa shape index (κ2) is 6.35. The van der Waals surface area contributed by atoms with Crippen LogP contribution in [0.15, 0.2) is 12.4 Å². The van der Waals surface area contributed by atoms with Gasteiger partial charge in [-0.2, -0.15) is 9.97 Å². The van der Waals surface area contributed by atoms with Gasteiger partial charge in [-0.1, -0.05) is 0 Å². The van der Waals surface area contributed by atoms with Crippen molar-refractivity contribution in [3.05, 3.63) is 23.8 Å². The molecule has 1 amide bonds. The quantitative estimate of drug-likeness (QED) is 0.815. The molecule has 0 aromatic carbocycles. The number of imidazole rings is 1. The molecule has 148 valence electrons. The number of hydrogen-bond acceptors (Lipinski definition) is 7. The van der Waals surface area contributed by atoms with Crippen LogP contribution in [0.25, 0.3) is 0 Å². The average Bonchev–Trinajstić information content (AvgIpc) is 3.45. The lowest BCUT2D eigenvalue weighted by atomic mass is 9.78. The lowest BCUT2D eigenvalue weighted by Crippen LogP contribution is -2.58. The van der Waals surface area contributed by atoms with Gasteiger partial charge in [-0.3, -0.25) is 4.79 Å². The zero-order valence-electron chi connectivity index (χ0n) is 16.0. The predicted octanol–water partition coefficient (Wildman–Crippen LogP) is 1.08. The first kappa shape index (κ1) is 17.3. The van der Waals surface area contributed by atoms with Gasteiger partial charge in [-0.25, -0.2) is 4.98 Å². The summed E-state index contributed by atoms with van der Waals surface area (Å²) in [7, 11) is 1.57. The van der Waals surface area contributed by atoms with Crippen molar-refractivity contribution in [1.82, 2.24) is 24.8 Å². The van der Waals surface area contributed by atoms with E-state index in [1.807, 2.05) is 6.07 Å². The smallest absolute Gasteiger partial charge is 0.226 e. The molecule has 9 heteroatoms. The van der Waals surface area contributed by atoms with E-state index in [9.17, 15) is 4.79 Å².